The summed E-state index contributed by atoms with van der Waals surface area (Å²) in [5.74, 6) is 0.687. The average Bonchev–Trinajstić information content (AvgIpc) is 3.29. The molecule has 0 radical (unpaired) electrons. The molecule has 2 aromatic heterocycles. The van der Waals surface area contributed by atoms with E-state index in [0.29, 0.717) is 17.6 Å². The molecule has 2 amide bonds. The zero-order valence-electron chi connectivity index (χ0n) is 13.4. The molecule has 4 rings (SSSR count). The van der Waals surface area contributed by atoms with Crippen molar-refractivity contribution in [2.24, 2.45) is 5.92 Å². The Morgan fingerprint density at radius 1 is 1.38 bits per heavy atom. The predicted molar refractivity (Wildman–Crippen MR) is 86.3 cm³/mol. The van der Waals surface area contributed by atoms with E-state index in [1.165, 1.54) is 25.3 Å². The summed E-state index contributed by atoms with van der Waals surface area (Å²) in [6, 6.07) is 3.66. The summed E-state index contributed by atoms with van der Waals surface area (Å²) in [5.41, 5.74) is 0.546. The number of fused-ring (bicyclic) bond motifs is 2. The molecule has 24 heavy (non-hydrogen) atoms. The van der Waals surface area contributed by atoms with E-state index >= 15 is 0 Å². The molecule has 3 heterocycles. The molecule has 2 atom stereocenters. The Morgan fingerprint density at radius 3 is 3.08 bits per heavy atom. The Hall–Kier alpha value is -2.57. The number of likely N-dealkylation sites (tertiary alicyclic amines) is 1. The average molecular weight is 328 g/mol. The number of anilines is 1. The van der Waals surface area contributed by atoms with E-state index in [1.54, 1.807) is 23.0 Å². The van der Waals surface area contributed by atoms with Crippen LogP contribution in [0.4, 0.5) is 5.69 Å². The number of nitrogens with zero attached hydrogens (tertiary/aromatic N) is 3. The number of nitrogens with one attached hydrogen (secondary N) is 1. The highest BCUT2D eigenvalue weighted by Crippen LogP contribution is 2.35. The fourth-order valence-electron chi connectivity index (χ4n) is 3.79. The maximum absolute atomic E-state index is 12.5. The monoisotopic (exact) mass is 328 g/mol. The van der Waals surface area contributed by atoms with E-state index in [2.05, 4.69) is 10.4 Å². The zero-order valence-corrected chi connectivity index (χ0v) is 13.4. The van der Waals surface area contributed by atoms with Gasteiger partial charge >= 0.3 is 0 Å². The Labute approximate surface area is 139 Å². The van der Waals surface area contributed by atoms with E-state index in [0.717, 1.165) is 19.4 Å². The molecule has 7 heteroatoms. The van der Waals surface area contributed by atoms with Crippen LogP contribution in [0.1, 0.15) is 36.2 Å². The molecule has 2 aromatic rings. The first-order valence-electron chi connectivity index (χ1n) is 8.36. The second kappa shape index (κ2) is 6.14. The van der Waals surface area contributed by atoms with Crippen molar-refractivity contribution in [2.75, 3.05) is 11.9 Å². The third-order valence-corrected chi connectivity index (χ3v) is 4.90. The second-order valence-corrected chi connectivity index (χ2v) is 6.59. The normalized spacial score (nSPS) is 22.6. The number of amides is 2. The van der Waals surface area contributed by atoms with Crippen LogP contribution >= 0.6 is 0 Å². The number of carbonyl (C=O) groups is 2. The lowest BCUT2D eigenvalue weighted by Gasteiger charge is -2.24. The van der Waals surface area contributed by atoms with Crippen molar-refractivity contribution in [1.29, 1.82) is 0 Å². The van der Waals surface area contributed by atoms with Crippen molar-refractivity contribution in [3.05, 3.63) is 36.5 Å². The van der Waals surface area contributed by atoms with E-state index in [-0.39, 0.29) is 24.1 Å². The first kappa shape index (κ1) is 15.0. The fraction of sp³-hybridized carbons (Fsp3) is 0.471. The topological polar surface area (TPSA) is 80.4 Å². The Morgan fingerprint density at radius 2 is 2.29 bits per heavy atom. The van der Waals surface area contributed by atoms with Crippen molar-refractivity contribution >= 4 is 17.5 Å². The van der Waals surface area contributed by atoms with Gasteiger partial charge in [0.1, 0.15) is 6.54 Å². The molecule has 1 aliphatic heterocycles. The summed E-state index contributed by atoms with van der Waals surface area (Å²) in [4.78, 5) is 26.5. The first-order valence-corrected chi connectivity index (χ1v) is 8.36. The molecule has 2 fully saturated rings. The van der Waals surface area contributed by atoms with Crippen molar-refractivity contribution in [3.8, 4) is 0 Å². The number of carbonyl (C=O) groups excluding carboxylic acids is 2. The quantitative estimate of drug-likeness (QED) is 0.932. The largest absolute Gasteiger partial charge is 0.459 e. The maximum atomic E-state index is 12.5. The number of hydrogen-bond donors (Lipinski definition) is 1. The number of aromatic nitrogens is 2. The van der Waals surface area contributed by atoms with Gasteiger partial charge in [-0.25, -0.2) is 0 Å². The Bertz CT molecular complexity index is 737. The van der Waals surface area contributed by atoms with Gasteiger partial charge in [0.15, 0.2) is 5.76 Å². The Kier molecular flexibility index (Phi) is 3.84. The molecule has 7 nitrogen and oxygen atoms in total. The van der Waals surface area contributed by atoms with Gasteiger partial charge in [0, 0.05) is 18.8 Å². The number of hydrogen-bond acceptors (Lipinski definition) is 4. The van der Waals surface area contributed by atoms with E-state index in [1.807, 2.05) is 4.90 Å². The van der Waals surface area contributed by atoms with Gasteiger partial charge in [-0.3, -0.25) is 14.3 Å². The smallest absolute Gasteiger partial charge is 0.291 e. The molecule has 1 N–H and O–H groups in total. The highest BCUT2D eigenvalue weighted by molar-refractivity contribution is 6.02. The number of rotatable bonds is 4. The molecule has 1 saturated carbocycles. The third kappa shape index (κ3) is 2.93. The molecule has 2 aliphatic rings. The van der Waals surface area contributed by atoms with Crippen molar-refractivity contribution in [1.82, 2.24) is 14.7 Å². The number of furan rings is 1. The predicted octanol–water partition coefficient (Wildman–Crippen LogP) is 2.13. The Balaban J connectivity index is 1.37. The van der Waals surface area contributed by atoms with Crippen molar-refractivity contribution in [3.63, 3.8) is 0 Å². The van der Waals surface area contributed by atoms with Crippen LogP contribution in [-0.4, -0.2) is 39.1 Å². The minimum absolute atomic E-state index is 0.108. The minimum atomic E-state index is -0.334. The van der Waals surface area contributed by atoms with Crippen LogP contribution < -0.4 is 5.32 Å². The molecule has 0 unspecified atom stereocenters. The zero-order chi connectivity index (χ0) is 16.5. The molecule has 1 aliphatic carbocycles. The van der Waals surface area contributed by atoms with Crippen molar-refractivity contribution < 1.29 is 14.0 Å². The van der Waals surface area contributed by atoms with Crippen LogP contribution in [0.15, 0.2) is 35.2 Å². The van der Waals surface area contributed by atoms with Gasteiger partial charge in [-0.1, -0.05) is 6.42 Å². The SMILES string of the molecule is O=C(Nc1cnn(CC(=O)N2C[C@@H]3CCC[C@H]2C3)c1)c1ccco1. The standard InChI is InChI=1S/C17H20N4O3/c22-16(21-9-12-3-1-4-14(21)7-12)11-20-10-13(8-18-20)19-17(23)15-5-2-6-24-15/h2,5-6,8,10,12,14H,1,3-4,7,9,11H2,(H,19,23)/t12-,14+/m1/s1. The summed E-state index contributed by atoms with van der Waals surface area (Å²) in [5, 5.41) is 6.87. The van der Waals surface area contributed by atoms with Crippen LogP contribution in [-0.2, 0) is 11.3 Å². The molecular weight excluding hydrogens is 308 g/mol. The van der Waals surface area contributed by atoms with Gasteiger partial charge in [-0.2, -0.15) is 5.10 Å². The van der Waals surface area contributed by atoms with Gasteiger partial charge in [0.05, 0.1) is 18.1 Å². The van der Waals surface area contributed by atoms with Gasteiger partial charge in [-0.05, 0) is 37.3 Å². The van der Waals surface area contributed by atoms with Crippen LogP contribution in [0.5, 0.6) is 0 Å². The van der Waals surface area contributed by atoms with Crippen molar-refractivity contribution in [2.45, 2.75) is 38.3 Å². The molecule has 1 saturated heterocycles. The van der Waals surface area contributed by atoms with Crippen LogP contribution in [0.25, 0.3) is 0 Å². The lowest BCUT2D eigenvalue weighted by molar-refractivity contribution is -0.132. The maximum Gasteiger partial charge on any atom is 0.291 e. The lowest BCUT2D eigenvalue weighted by Crippen LogP contribution is -2.37. The van der Waals surface area contributed by atoms with Crippen LogP contribution in [0, 0.1) is 5.92 Å². The third-order valence-electron chi connectivity index (χ3n) is 4.90. The van der Waals surface area contributed by atoms with Gasteiger partial charge in [-0.15, -0.1) is 0 Å². The van der Waals surface area contributed by atoms with Gasteiger partial charge in [0.2, 0.25) is 5.91 Å². The highest BCUT2D eigenvalue weighted by Gasteiger charge is 2.37. The molecule has 2 bridgehead atoms. The van der Waals surface area contributed by atoms with Crippen LogP contribution in [0.2, 0.25) is 0 Å². The van der Waals surface area contributed by atoms with E-state index < -0.39 is 0 Å². The van der Waals surface area contributed by atoms with Gasteiger partial charge in [0.25, 0.3) is 5.91 Å². The molecular formula is C17H20N4O3. The summed E-state index contributed by atoms with van der Waals surface area (Å²) in [6.45, 7) is 1.09. The summed E-state index contributed by atoms with van der Waals surface area (Å²) in [7, 11) is 0. The van der Waals surface area contributed by atoms with E-state index in [9.17, 15) is 9.59 Å². The lowest BCUT2D eigenvalue weighted by atomic mass is 9.90. The fourth-order valence-corrected chi connectivity index (χ4v) is 3.79. The molecule has 0 aromatic carbocycles. The van der Waals surface area contributed by atoms with Gasteiger partial charge < -0.3 is 14.6 Å². The van der Waals surface area contributed by atoms with E-state index in [4.69, 9.17) is 4.42 Å². The first-order chi connectivity index (χ1) is 11.7. The second-order valence-electron chi connectivity index (χ2n) is 6.59. The highest BCUT2D eigenvalue weighted by atomic mass is 16.3. The summed E-state index contributed by atoms with van der Waals surface area (Å²) < 4.78 is 6.62. The summed E-state index contributed by atoms with van der Waals surface area (Å²) in [6.07, 6.45) is 9.39. The summed E-state index contributed by atoms with van der Waals surface area (Å²) >= 11 is 0. The van der Waals surface area contributed by atoms with Crippen LogP contribution in [0.3, 0.4) is 0 Å². The minimum Gasteiger partial charge on any atom is -0.459 e. The molecule has 126 valence electrons. The molecule has 0 spiro atoms.